The predicted molar refractivity (Wildman–Crippen MR) is 84.6 cm³/mol. The fraction of sp³-hybridized carbons (Fsp3) is 0.294. The third-order valence-corrected chi connectivity index (χ3v) is 4.41. The van der Waals surface area contributed by atoms with Gasteiger partial charge in [-0.15, -0.1) is 0 Å². The Kier molecular flexibility index (Phi) is 3.44. The van der Waals surface area contributed by atoms with Crippen LogP contribution >= 0.6 is 0 Å². The molecule has 0 bridgehead atoms. The zero-order valence-electron chi connectivity index (χ0n) is 12.7. The number of hydrogen-bond donors (Lipinski definition) is 2. The van der Waals surface area contributed by atoms with Crippen LogP contribution in [0.1, 0.15) is 35.7 Å². The smallest absolute Gasteiger partial charge is 0.363 e. The fourth-order valence-electron chi connectivity index (χ4n) is 3.28. The molecule has 0 radical (unpaired) electrons. The van der Waals surface area contributed by atoms with Gasteiger partial charge >= 0.3 is 6.18 Å². The number of fused-ring (bicyclic) bond motifs is 2. The van der Waals surface area contributed by atoms with Crippen molar-refractivity contribution in [2.45, 2.75) is 31.5 Å². The van der Waals surface area contributed by atoms with Crippen LogP contribution < -0.4 is 5.32 Å². The zero-order chi connectivity index (χ0) is 16.7. The maximum absolute atomic E-state index is 12.9. The largest absolute Gasteiger partial charge is 0.431 e. The van der Waals surface area contributed by atoms with E-state index in [1.54, 1.807) is 0 Å². The van der Waals surface area contributed by atoms with E-state index in [1.807, 2.05) is 12.1 Å². The van der Waals surface area contributed by atoms with Crippen LogP contribution in [0.4, 0.5) is 19.0 Å². The number of aromatic amines is 1. The Morgan fingerprint density at radius 3 is 2.83 bits per heavy atom. The predicted octanol–water partition coefficient (Wildman–Crippen LogP) is 4.47. The maximum atomic E-state index is 12.9. The molecule has 2 heterocycles. The van der Waals surface area contributed by atoms with Gasteiger partial charge in [0.2, 0.25) is 0 Å². The van der Waals surface area contributed by atoms with Crippen molar-refractivity contribution in [3.63, 3.8) is 0 Å². The summed E-state index contributed by atoms with van der Waals surface area (Å²) in [4.78, 5) is 10.4. The van der Waals surface area contributed by atoms with Crippen LogP contribution in [0.15, 0.2) is 36.7 Å². The van der Waals surface area contributed by atoms with Crippen LogP contribution in [-0.4, -0.2) is 15.0 Å². The molecule has 1 aromatic carbocycles. The molecule has 1 atom stereocenters. The first-order chi connectivity index (χ1) is 11.5. The SMILES string of the molecule is FC(F)(F)c1cc2c(N[C@H]3CCCc4ccccc43)ncnc2[nH]1. The molecule has 4 nitrogen and oxygen atoms in total. The summed E-state index contributed by atoms with van der Waals surface area (Å²) >= 11 is 0. The first-order valence-electron chi connectivity index (χ1n) is 7.77. The molecule has 1 aliphatic carbocycles. The number of H-pyrrole nitrogens is 1. The molecule has 2 aromatic heterocycles. The Hall–Kier alpha value is -2.57. The van der Waals surface area contributed by atoms with Crippen LogP contribution in [0.5, 0.6) is 0 Å². The topological polar surface area (TPSA) is 53.6 Å². The second-order valence-corrected chi connectivity index (χ2v) is 5.95. The lowest BCUT2D eigenvalue weighted by Crippen LogP contribution is -2.18. The van der Waals surface area contributed by atoms with Gasteiger partial charge in [0.05, 0.1) is 11.4 Å². The molecule has 7 heteroatoms. The lowest BCUT2D eigenvalue weighted by molar-refractivity contribution is -0.140. The number of halogens is 3. The van der Waals surface area contributed by atoms with E-state index in [0.717, 1.165) is 25.3 Å². The van der Waals surface area contributed by atoms with Gasteiger partial charge in [0.15, 0.2) is 0 Å². The van der Waals surface area contributed by atoms with Gasteiger partial charge < -0.3 is 10.3 Å². The molecule has 0 amide bonds. The molecule has 0 fully saturated rings. The van der Waals surface area contributed by atoms with Crippen molar-refractivity contribution in [3.8, 4) is 0 Å². The van der Waals surface area contributed by atoms with Gasteiger partial charge in [-0.2, -0.15) is 13.2 Å². The molecule has 2 N–H and O–H groups in total. The van der Waals surface area contributed by atoms with E-state index in [2.05, 4.69) is 32.4 Å². The number of aryl methyl sites for hydroxylation is 1. The van der Waals surface area contributed by atoms with Gasteiger partial charge in [0.1, 0.15) is 23.5 Å². The standard InChI is InChI=1S/C17H15F3N4/c18-17(19,20)14-8-12-15(21-9-22-16(12)24-14)23-13-7-3-5-10-4-1-2-6-11(10)13/h1-2,4,6,8-9,13H,3,5,7H2,(H2,21,22,23,24)/t13-/m0/s1. The number of nitrogens with one attached hydrogen (secondary N) is 2. The van der Waals surface area contributed by atoms with Crippen LogP contribution in [-0.2, 0) is 12.6 Å². The highest BCUT2D eigenvalue weighted by Gasteiger charge is 2.33. The van der Waals surface area contributed by atoms with E-state index in [-0.39, 0.29) is 11.7 Å². The number of aromatic nitrogens is 3. The van der Waals surface area contributed by atoms with E-state index < -0.39 is 11.9 Å². The summed E-state index contributed by atoms with van der Waals surface area (Å²) in [7, 11) is 0. The average molecular weight is 332 g/mol. The van der Waals surface area contributed by atoms with E-state index >= 15 is 0 Å². The van der Waals surface area contributed by atoms with Gasteiger partial charge in [-0.25, -0.2) is 9.97 Å². The number of anilines is 1. The number of alkyl halides is 3. The fourth-order valence-corrected chi connectivity index (χ4v) is 3.28. The summed E-state index contributed by atoms with van der Waals surface area (Å²) in [5, 5.41) is 3.66. The first kappa shape index (κ1) is 15.0. The van der Waals surface area contributed by atoms with Crippen LogP contribution in [0, 0.1) is 0 Å². The Balaban J connectivity index is 1.72. The average Bonchev–Trinajstić information content (AvgIpc) is 3.01. The molecule has 0 saturated heterocycles. The van der Waals surface area contributed by atoms with Crippen LogP contribution in [0.3, 0.4) is 0 Å². The monoisotopic (exact) mass is 332 g/mol. The molecule has 3 aromatic rings. The number of benzene rings is 1. The molecule has 0 aliphatic heterocycles. The molecule has 24 heavy (non-hydrogen) atoms. The van der Waals surface area contributed by atoms with Crippen molar-refractivity contribution in [3.05, 3.63) is 53.5 Å². The highest BCUT2D eigenvalue weighted by Crippen LogP contribution is 2.35. The molecular weight excluding hydrogens is 317 g/mol. The van der Waals surface area contributed by atoms with E-state index in [0.29, 0.717) is 11.2 Å². The van der Waals surface area contributed by atoms with Crippen molar-refractivity contribution >= 4 is 16.9 Å². The number of hydrogen-bond acceptors (Lipinski definition) is 3. The van der Waals surface area contributed by atoms with Crippen molar-refractivity contribution in [2.75, 3.05) is 5.32 Å². The van der Waals surface area contributed by atoms with Gasteiger partial charge in [-0.3, -0.25) is 0 Å². The summed E-state index contributed by atoms with van der Waals surface area (Å²) in [6, 6.07) is 9.24. The molecular formula is C17H15F3N4. The first-order valence-corrected chi connectivity index (χ1v) is 7.77. The molecule has 0 spiro atoms. The third kappa shape index (κ3) is 2.60. The number of rotatable bonds is 2. The highest BCUT2D eigenvalue weighted by atomic mass is 19.4. The third-order valence-electron chi connectivity index (χ3n) is 4.41. The second-order valence-electron chi connectivity index (χ2n) is 5.95. The Morgan fingerprint density at radius 1 is 1.17 bits per heavy atom. The minimum Gasteiger partial charge on any atom is -0.363 e. The molecule has 4 rings (SSSR count). The minimum atomic E-state index is -4.44. The van der Waals surface area contributed by atoms with Crippen molar-refractivity contribution in [2.24, 2.45) is 0 Å². The van der Waals surface area contributed by atoms with E-state index in [9.17, 15) is 13.2 Å². The lowest BCUT2D eigenvalue weighted by atomic mass is 9.88. The molecule has 1 aliphatic rings. The Bertz CT molecular complexity index is 885. The van der Waals surface area contributed by atoms with Crippen molar-refractivity contribution in [1.82, 2.24) is 15.0 Å². The van der Waals surface area contributed by atoms with Gasteiger partial charge in [-0.05, 0) is 36.5 Å². The summed E-state index contributed by atoms with van der Waals surface area (Å²) < 4.78 is 38.7. The lowest BCUT2D eigenvalue weighted by Gasteiger charge is -2.26. The van der Waals surface area contributed by atoms with Crippen molar-refractivity contribution < 1.29 is 13.2 Å². The second kappa shape index (κ2) is 5.51. The summed E-state index contributed by atoms with van der Waals surface area (Å²) in [6.45, 7) is 0. The Labute approximate surface area is 136 Å². The van der Waals surface area contributed by atoms with Crippen LogP contribution in [0.2, 0.25) is 0 Å². The molecule has 124 valence electrons. The Morgan fingerprint density at radius 2 is 2.00 bits per heavy atom. The summed E-state index contributed by atoms with van der Waals surface area (Å²) in [5.74, 6) is 0.424. The zero-order valence-corrected chi connectivity index (χ0v) is 12.7. The quantitative estimate of drug-likeness (QED) is 0.728. The van der Waals surface area contributed by atoms with E-state index in [1.165, 1.54) is 17.5 Å². The van der Waals surface area contributed by atoms with Crippen LogP contribution in [0.25, 0.3) is 11.0 Å². The van der Waals surface area contributed by atoms with Gasteiger partial charge in [-0.1, -0.05) is 24.3 Å². The summed E-state index contributed by atoms with van der Waals surface area (Å²) in [5.41, 5.74) is 1.83. The molecule has 0 saturated carbocycles. The summed E-state index contributed by atoms with van der Waals surface area (Å²) in [6.07, 6.45) is -0.190. The van der Waals surface area contributed by atoms with Gasteiger partial charge in [0.25, 0.3) is 0 Å². The normalized spacial score (nSPS) is 17.7. The molecule has 0 unspecified atom stereocenters. The van der Waals surface area contributed by atoms with Gasteiger partial charge in [0, 0.05) is 0 Å². The van der Waals surface area contributed by atoms with Crippen molar-refractivity contribution in [1.29, 1.82) is 0 Å². The highest BCUT2D eigenvalue weighted by molar-refractivity contribution is 5.87. The van der Waals surface area contributed by atoms with E-state index in [4.69, 9.17) is 0 Å². The minimum absolute atomic E-state index is 0.0392. The number of nitrogens with zero attached hydrogens (tertiary/aromatic N) is 2. The maximum Gasteiger partial charge on any atom is 0.431 e.